The summed E-state index contributed by atoms with van der Waals surface area (Å²) < 4.78 is 30.3. The van der Waals surface area contributed by atoms with Crippen molar-refractivity contribution in [2.75, 3.05) is 0 Å². The molecule has 1 unspecified atom stereocenters. The van der Waals surface area contributed by atoms with Gasteiger partial charge in [0.2, 0.25) is 18.2 Å². The lowest BCUT2D eigenvalue weighted by Gasteiger charge is -2.13. The SMILES string of the molecule is CC(=O)NC(CC(F)F)c1nc2ccccc2o1. The van der Waals surface area contributed by atoms with Gasteiger partial charge in [-0.1, -0.05) is 12.1 Å². The number of nitrogens with one attached hydrogen (secondary N) is 1. The monoisotopic (exact) mass is 254 g/mol. The van der Waals surface area contributed by atoms with E-state index in [1.165, 1.54) is 6.92 Å². The first-order valence-corrected chi connectivity index (χ1v) is 5.47. The molecule has 0 saturated carbocycles. The maximum Gasteiger partial charge on any atom is 0.241 e. The minimum atomic E-state index is -2.54. The molecule has 2 rings (SSSR count). The molecule has 1 atom stereocenters. The van der Waals surface area contributed by atoms with Crippen LogP contribution < -0.4 is 5.32 Å². The Labute approximate surface area is 102 Å². The number of benzene rings is 1. The summed E-state index contributed by atoms with van der Waals surface area (Å²) in [5.74, 6) is -0.297. The second-order valence-electron chi connectivity index (χ2n) is 3.90. The molecule has 0 saturated heterocycles. The van der Waals surface area contributed by atoms with Crippen LogP contribution in [0.25, 0.3) is 11.1 Å². The number of oxazole rings is 1. The molecule has 6 heteroatoms. The van der Waals surface area contributed by atoms with Crippen molar-refractivity contribution in [1.29, 1.82) is 0 Å². The van der Waals surface area contributed by atoms with Crippen LogP contribution in [0.3, 0.4) is 0 Å². The van der Waals surface area contributed by atoms with E-state index in [2.05, 4.69) is 10.3 Å². The standard InChI is InChI=1S/C12H12F2N2O2/c1-7(17)15-9(6-11(13)14)12-16-8-4-2-3-5-10(8)18-12/h2-5,9,11H,6H2,1H3,(H,15,17). The van der Waals surface area contributed by atoms with Gasteiger partial charge in [-0.2, -0.15) is 0 Å². The third-order valence-electron chi connectivity index (χ3n) is 2.40. The van der Waals surface area contributed by atoms with E-state index < -0.39 is 24.8 Å². The van der Waals surface area contributed by atoms with Gasteiger partial charge in [-0.25, -0.2) is 13.8 Å². The maximum atomic E-state index is 12.5. The van der Waals surface area contributed by atoms with Crippen LogP contribution >= 0.6 is 0 Å². The van der Waals surface area contributed by atoms with Gasteiger partial charge in [0.05, 0.1) is 0 Å². The zero-order valence-corrected chi connectivity index (χ0v) is 9.69. The van der Waals surface area contributed by atoms with Crippen molar-refractivity contribution in [2.24, 2.45) is 0 Å². The van der Waals surface area contributed by atoms with E-state index in [0.717, 1.165) is 0 Å². The minimum Gasteiger partial charge on any atom is -0.438 e. The lowest BCUT2D eigenvalue weighted by molar-refractivity contribution is -0.120. The number of carbonyl (C=O) groups excluding carboxylic acids is 1. The molecule has 18 heavy (non-hydrogen) atoms. The van der Waals surface area contributed by atoms with Crippen molar-refractivity contribution in [3.63, 3.8) is 0 Å². The van der Waals surface area contributed by atoms with Gasteiger partial charge < -0.3 is 9.73 Å². The van der Waals surface area contributed by atoms with Gasteiger partial charge in [0.1, 0.15) is 11.6 Å². The summed E-state index contributed by atoms with van der Waals surface area (Å²) in [4.78, 5) is 15.1. The van der Waals surface area contributed by atoms with Gasteiger partial charge >= 0.3 is 0 Å². The van der Waals surface area contributed by atoms with E-state index in [-0.39, 0.29) is 5.89 Å². The zero-order valence-electron chi connectivity index (χ0n) is 9.69. The third-order valence-corrected chi connectivity index (χ3v) is 2.40. The van der Waals surface area contributed by atoms with Crippen molar-refractivity contribution in [2.45, 2.75) is 25.8 Å². The van der Waals surface area contributed by atoms with Crippen LogP contribution in [-0.2, 0) is 4.79 Å². The van der Waals surface area contributed by atoms with Crippen molar-refractivity contribution < 1.29 is 18.0 Å². The van der Waals surface area contributed by atoms with Crippen molar-refractivity contribution in [1.82, 2.24) is 10.3 Å². The molecule has 96 valence electrons. The highest BCUT2D eigenvalue weighted by atomic mass is 19.3. The summed E-state index contributed by atoms with van der Waals surface area (Å²) in [6.45, 7) is 1.27. The smallest absolute Gasteiger partial charge is 0.241 e. The molecule has 1 amide bonds. The number of rotatable bonds is 4. The summed E-state index contributed by atoms with van der Waals surface area (Å²) >= 11 is 0. The summed E-state index contributed by atoms with van der Waals surface area (Å²) in [6, 6.07) is 6.04. The average Bonchev–Trinajstić information content (AvgIpc) is 2.70. The molecule has 1 aromatic heterocycles. The largest absolute Gasteiger partial charge is 0.438 e. The molecule has 0 aliphatic heterocycles. The van der Waals surface area contributed by atoms with Crippen LogP contribution in [0, 0.1) is 0 Å². The molecule has 0 aliphatic rings. The second-order valence-corrected chi connectivity index (χ2v) is 3.90. The van der Waals surface area contributed by atoms with Crippen molar-refractivity contribution >= 4 is 17.0 Å². The Morgan fingerprint density at radius 3 is 2.78 bits per heavy atom. The lowest BCUT2D eigenvalue weighted by atomic mass is 10.2. The number of para-hydroxylation sites is 2. The Hall–Kier alpha value is -1.98. The Kier molecular flexibility index (Phi) is 3.55. The fourth-order valence-corrected chi connectivity index (χ4v) is 1.68. The maximum absolute atomic E-state index is 12.5. The van der Waals surface area contributed by atoms with Gasteiger partial charge in [0.15, 0.2) is 5.58 Å². The molecule has 1 heterocycles. The molecule has 0 aliphatic carbocycles. The highest BCUT2D eigenvalue weighted by molar-refractivity contribution is 5.74. The quantitative estimate of drug-likeness (QED) is 0.912. The normalized spacial score (nSPS) is 12.9. The number of amides is 1. The number of halogens is 2. The topological polar surface area (TPSA) is 55.1 Å². The molecule has 0 radical (unpaired) electrons. The molecule has 4 nitrogen and oxygen atoms in total. The molecule has 0 fully saturated rings. The molecule has 1 aromatic carbocycles. The fraction of sp³-hybridized carbons (Fsp3) is 0.333. The third kappa shape index (κ3) is 2.82. The molecule has 2 aromatic rings. The number of alkyl halides is 2. The Morgan fingerprint density at radius 1 is 1.44 bits per heavy atom. The van der Waals surface area contributed by atoms with Crippen LogP contribution in [0.15, 0.2) is 28.7 Å². The van der Waals surface area contributed by atoms with Crippen LogP contribution in [0.1, 0.15) is 25.3 Å². The van der Waals surface area contributed by atoms with E-state index in [9.17, 15) is 13.6 Å². The average molecular weight is 254 g/mol. The Balaban J connectivity index is 2.31. The molecular weight excluding hydrogens is 242 g/mol. The van der Waals surface area contributed by atoms with Gasteiger partial charge in [-0.3, -0.25) is 4.79 Å². The summed E-state index contributed by atoms with van der Waals surface area (Å²) in [7, 11) is 0. The van der Waals surface area contributed by atoms with Gasteiger partial charge in [-0.05, 0) is 12.1 Å². The first-order valence-electron chi connectivity index (χ1n) is 5.47. The summed E-state index contributed by atoms with van der Waals surface area (Å²) in [6.07, 6.45) is -3.07. The van der Waals surface area contributed by atoms with E-state index >= 15 is 0 Å². The van der Waals surface area contributed by atoms with Crippen LogP contribution in [0.4, 0.5) is 8.78 Å². The lowest BCUT2D eigenvalue weighted by Crippen LogP contribution is -2.27. The van der Waals surface area contributed by atoms with E-state index in [4.69, 9.17) is 4.42 Å². The van der Waals surface area contributed by atoms with E-state index in [1.807, 2.05) is 0 Å². The predicted octanol–water partition coefficient (Wildman–Crippen LogP) is 2.66. The number of carbonyl (C=O) groups is 1. The molecule has 0 spiro atoms. The molecule has 1 N–H and O–H groups in total. The number of nitrogens with zero attached hydrogens (tertiary/aromatic N) is 1. The molecule has 0 bridgehead atoms. The Morgan fingerprint density at radius 2 is 2.17 bits per heavy atom. The van der Waals surface area contributed by atoms with Gasteiger partial charge in [0.25, 0.3) is 0 Å². The second kappa shape index (κ2) is 5.12. The number of hydrogen-bond acceptors (Lipinski definition) is 3. The van der Waals surface area contributed by atoms with Gasteiger partial charge in [-0.15, -0.1) is 0 Å². The van der Waals surface area contributed by atoms with Crippen molar-refractivity contribution in [3.8, 4) is 0 Å². The predicted molar refractivity (Wildman–Crippen MR) is 61.2 cm³/mol. The van der Waals surface area contributed by atoms with Crippen LogP contribution in [0.2, 0.25) is 0 Å². The fourth-order valence-electron chi connectivity index (χ4n) is 1.68. The highest BCUT2D eigenvalue weighted by Crippen LogP contribution is 2.24. The number of fused-ring (bicyclic) bond motifs is 1. The van der Waals surface area contributed by atoms with Gasteiger partial charge in [0, 0.05) is 13.3 Å². The molecular formula is C12H12F2N2O2. The minimum absolute atomic E-state index is 0.103. The summed E-state index contributed by atoms with van der Waals surface area (Å²) in [5, 5.41) is 2.41. The Bertz CT molecular complexity index is 521. The first-order chi connectivity index (χ1) is 8.56. The number of hydrogen-bond donors (Lipinski definition) is 1. The van der Waals surface area contributed by atoms with Crippen molar-refractivity contribution in [3.05, 3.63) is 30.2 Å². The first kappa shape index (κ1) is 12.5. The van der Waals surface area contributed by atoms with Crippen LogP contribution in [-0.4, -0.2) is 17.3 Å². The van der Waals surface area contributed by atoms with E-state index in [0.29, 0.717) is 11.1 Å². The number of aromatic nitrogens is 1. The zero-order chi connectivity index (χ0) is 13.1. The van der Waals surface area contributed by atoms with E-state index in [1.54, 1.807) is 24.3 Å². The van der Waals surface area contributed by atoms with Crippen LogP contribution in [0.5, 0.6) is 0 Å². The summed E-state index contributed by atoms with van der Waals surface area (Å²) in [5.41, 5.74) is 1.09. The highest BCUT2D eigenvalue weighted by Gasteiger charge is 2.23.